The van der Waals surface area contributed by atoms with Crippen molar-refractivity contribution in [2.75, 3.05) is 40.4 Å². The molecule has 5 nitrogen and oxygen atoms in total. The van der Waals surface area contributed by atoms with Gasteiger partial charge in [-0.15, -0.1) is 24.0 Å². The Labute approximate surface area is 191 Å². The van der Waals surface area contributed by atoms with Crippen LogP contribution in [0.1, 0.15) is 23.7 Å². The van der Waals surface area contributed by atoms with Gasteiger partial charge in [-0.3, -0.25) is 4.99 Å². The van der Waals surface area contributed by atoms with Crippen LogP contribution in [0.2, 0.25) is 0 Å². The molecule has 2 aromatic carbocycles. The quantitative estimate of drug-likeness (QED) is 0.344. The molecule has 1 heterocycles. The Morgan fingerprint density at radius 2 is 1.90 bits per heavy atom. The van der Waals surface area contributed by atoms with Crippen LogP contribution in [-0.2, 0) is 4.74 Å². The zero-order chi connectivity index (χ0) is 19.8. The summed E-state index contributed by atoms with van der Waals surface area (Å²) in [4.78, 5) is 6.52. The van der Waals surface area contributed by atoms with E-state index in [0.29, 0.717) is 12.5 Å². The van der Waals surface area contributed by atoms with Crippen molar-refractivity contribution < 1.29 is 9.47 Å². The summed E-state index contributed by atoms with van der Waals surface area (Å²) < 4.78 is 11.8. The summed E-state index contributed by atoms with van der Waals surface area (Å²) in [6.07, 6.45) is 1.21. The molecule has 0 radical (unpaired) electrons. The van der Waals surface area contributed by atoms with Crippen LogP contribution in [0.3, 0.4) is 0 Å². The molecule has 1 N–H and O–H groups in total. The van der Waals surface area contributed by atoms with Crippen molar-refractivity contribution in [1.29, 1.82) is 0 Å². The number of halogens is 1. The molecule has 0 amide bonds. The summed E-state index contributed by atoms with van der Waals surface area (Å²) in [6, 6.07) is 18.6. The standard InChI is InChI=1S/C23H31N3O2.HI/c1-18-9-11-21(12-10-18)27-16-14-26(3)23(24-2)25-17-20-13-15-28-22(20)19-7-5-4-6-8-19;/h4-12,20,22H,13-17H2,1-3H3,(H,24,25);1H. The van der Waals surface area contributed by atoms with E-state index in [-0.39, 0.29) is 30.1 Å². The fraction of sp³-hybridized carbons (Fsp3) is 0.435. The van der Waals surface area contributed by atoms with E-state index in [1.807, 2.05) is 32.3 Å². The lowest BCUT2D eigenvalue weighted by Gasteiger charge is -2.25. The lowest BCUT2D eigenvalue weighted by molar-refractivity contribution is 0.0913. The highest BCUT2D eigenvalue weighted by Gasteiger charge is 2.29. The fourth-order valence-corrected chi connectivity index (χ4v) is 3.50. The van der Waals surface area contributed by atoms with E-state index in [2.05, 4.69) is 58.5 Å². The number of aryl methyl sites for hydroxylation is 1. The zero-order valence-electron chi connectivity index (χ0n) is 17.5. The van der Waals surface area contributed by atoms with Crippen LogP contribution in [-0.4, -0.2) is 51.3 Å². The van der Waals surface area contributed by atoms with Crippen LogP contribution < -0.4 is 10.1 Å². The van der Waals surface area contributed by atoms with Gasteiger partial charge in [-0.25, -0.2) is 0 Å². The van der Waals surface area contributed by atoms with Gasteiger partial charge in [0.1, 0.15) is 12.4 Å². The molecule has 0 saturated carbocycles. The molecule has 1 aliphatic heterocycles. The molecule has 29 heavy (non-hydrogen) atoms. The van der Waals surface area contributed by atoms with Gasteiger partial charge in [-0.05, 0) is 31.0 Å². The van der Waals surface area contributed by atoms with Crippen LogP contribution >= 0.6 is 24.0 Å². The number of likely N-dealkylation sites (N-methyl/N-ethyl adjacent to an activating group) is 1. The van der Waals surface area contributed by atoms with Gasteiger partial charge in [-0.2, -0.15) is 0 Å². The normalized spacial score (nSPS) is 18.8. The van der Waals surface area contributed by atoms with Crippen LogP contribution in [0.25, 0.3) is 0 Å². The Morgan fingerprint density at radius 1 is 1.17 bits per heavy atom. The maximum Gasteiger partial charge on any atom is 0.193 e. The van der Waals surface area contributed by atoms with Crippen LogP contribution in [0.5, 0.6) is 5.75 Å². The van der Waals surface area contributed by atoms with Gasteiger partial charge in [0.05, 0.1) is 12.6 Å². The van der Waals surface area contributed by atoms with Gasteiger partial charge in [0.25, 0.3) is 0 Å². The molecular formula is C23H32IN3O2. The average molecular weight is 509 g/mol. The molecule has 2 unspecified atom stereocenters. The minimum absolute atomic E-state index is 0. The molecule has 0 spiro atoms. The third kappa shape index (κ3) is 6.89. The molecular weight excluding hydrogens is 477 g/mol. The van der Waals surface area contributed by atoms with Crippen LogP contribution in [0.15, 0.2) is 59.6 Å². The van der Waals surface area contributed by atoms with Crippen molar-refractivity contribution >= 4 is 29.9 Å². The first kappa shape index (κ1) is 23.5. The predicted octanol–water partition coefficient (Wildman–Crippen LogP) is 4.28. The molecule has 6 heteroatoms. The summed E-state index contributed by atoms with van der Waals surface area (Å²) in [5.74, 6) is 2.22. The van der Waals surface area contributed by atoms with Crippen molar-refractivity contribution in [3.05, 3.63) is 65.7 Å². The van der Waals surface area contributed by atoms with Gasteiger partial charge < -0.3 is 19.7 Å². The average Bonchev–Trinajstić information content (AvgIpc) is 3.19. The van der Waals surface area contributed by atoms with E-state index in [9.17, 15) is 0 Å². The Balaban J connectivity index is 0.00000300. The van der Waals surface area contributed by atoms with Gasteiger partial charge in [-0.1, -0.05) is 48.0 Å². The summed E-state index contributed by atoms with van der Waals surface area (Å²) in [5.41, 5.74) is 2.49. The molecule has 0 aliphatic carbocycles. The van der Waals surface area contributed by atoms with E-state index >= 15 is 0 Å². The molecule has 158 valence electrons. The van der Waals surface area contributed by atoms with Crippen molar-refractivity contribution in [1.82, 2.24) is 10.2 Å². The van der Waals surface area contributed by atoms with Gasteiger partial charge in [0, 0.05) is 33.2 Å². The van der Waals surface area contributed by atoms with Crippen LogP contribution in [0.4, 0.5) is 0 Å². The summed E-state index contributed by atoms with van der Waals surface area (Å²) in [5, 5.41) is 3.51. The third-order valence-corrected chi connectivity index (χ3v) is 5.15. The van der Waals surface area contributed by atoms with E-state index < -0.39 is 0 Å². The van der Waals surface area contributed by atoms with Gasteiger partial charge >= 0.3 is 0 Å². The van der Waals surface area contributed by atoms with Crippen molar-refractivity contribution in [3.8, 4) is 5.75 Å². The first-order valence-corrected chi connectivity index (χ1v) is 9.95. The van der Waals surface area contributed by atoms with E-state index in [4.69, 9.17) is 9.47 Å². The van der Waals surface area contributed by atoms with Crippen molar-refractivity contribution in [3.63, 3.8) is 0 Å². The van der Waals surface area contributed by atoms with Gasteiger partial charge in [0.2, 0.25) is 0 Å². The molecule has 0 bridgehead atoms. The number of aliphatic imine (C=N–C) groups is 1. The van der Waals surface area contributed by atoms with E-state index in [0.717, 1.165) is 37.8 Å². The number of nitrogens with zero attached hydrogens (tertiary/aromatic N) is 2. The SMILES string of the molecule is CN=C(NCC1CCOC1c1ccccc1)N(C)CCOc1ccc(C)cc1.I. The maximum absolute atomic E-state index is 5.99. The van der Waals surface area contributed by atoms with E-state index in [1.165, 1.54) is 11.1 Å². The number of ether oxygens (including phenoxy) is 2. The predicted molar refractivity (Wildman–Crippen MR) is 129 cm³/mol. The zero-order valence-corrected chi connectivity index (χ0v) is 19.8. The number of guanidine groups is 1. The number of nitrogens with one attached hydrogen (secondary N) is 1. The Hall–Kier alpha value is -1.80. The Kier molecular flexibility index (Phi) is 9.73. The molecule has 3 rings (SSSR count). The maximum atomic E-state index is 5.99. The summed E-state index contributed by atoms with van der Waals surface area (Å²) in [7, 11) is 3.85. The number of rotatable bonds is 7. The molecule has 1 fully saturated rings. The number of benzene rings is 2. The lowest BCUT2D eigenvalue weighted by Crippen LogP contribution is -2.43. The van der Waals surface area contributed by atoms with Crippen molar-refractivity contribution in [2.24, 2.45) is 10.9 Å². The summed E-state index contributed by atoms with van der Waals surface area (Å²) in [6.45, 7) is 5.10. The Morgan fingerprint density at radius 3 is 2.59 bits per heavy atom. The molecule has 1 saturated heterocycles. The molecule has 2 atom stereocenters. The van der Waals surface area contributed by atoms with Crippen molar-refractivity contribution in [2.45, 2.75) is 19.4 Å². The van der Waals surface area contributed by atoms with Gasteiger partial charge in [0.15, 0.2) is 5.96 Å². The molecule has 2 aromatic rings. The first-order chi connectivity index (χ1) is 13.7. The minimum atomic E-state index is 0. The number of hydrogen-bond acceptors (Lipinski definition) is 3. The van der Waals surface area contributed by atoms with Crippen LogP contribution in [0, 0.1) is 12.8 Å². The summed E-state index contributed by atoms with van der Waals surface area (Å²) >= 11 is 0. The highest BCUT2D eigenvalue weighted by molar-refractivity contribution is 14.0. The fourth-order valence-electron chi connectivity index (χ4n) is 3.50. The monoisotopic (exact) mass is 509 g/mol. The minimum Gasteiger partial charge on any atom is -0.492 e. The lowest BCUT2D eigenvalue weighted by atomic mass is 9.95. The second-order valence-corrected chi connectivity index (χ2v) is 7.26. The molecule has 0 aromatic heterocycles. The Bertz CT molecular complexity index is 752. The smallest absolute Gasteiger partial charge is 0.193 e. The topological polar surface area (TPSA) is 46.1 Å². The van der Waals surface area contributed by atoms with E-state index in [1.54, 1.807) is 0 Å². The first-order valence-electron chi connectivity index (χ1n) is 9.95. The highest BCUT2D eigenvalue weighted by atomic mass is 127. The molecule has 1 aliphatic rings. The second-order valence-electron chi connectivity index (χ2n) is 7.26. The number of hydrogen-bond donors (Lipinski definition) is 1. The largest absolute Gasteiger partial charge is 0.492 e. The second kappa shape index (κ2) is 12.0. The highest BCUT2D eigenvalue weighted by Crippen LogP contribution is 2.33. The third-order valence-electron chi connectivity index (χ3n) is 5.15.